The molecule has 0 unspecified atom stereocenters. The quantitative estimate of drug-likeness (QED) is 0.222. The highest BCUT2D eigenvalue weighted by atomic mass is 32.2. The predicted molar refractivity (Wildman–Crippen MR) is 136 cm³/mol. The summed E-state index contributed by atoms with van der Waals surface area (Å²) in [5.74, 6) is 0. The fourth-order valence-electron chi connectivity index (χ4n) is 3.69. The van der Waals surface area contributed by atoms with E-state index in [0.29, 0.717) is 12.1 Å². The zero-order valence-electron chi connectivity index (χ0n) is 19.6. The molecule has 0 aliphatic rings. The standard InChI is InChI=1S/C26H37NO4S2/c1-2-3-4-5-6-7-8-9-10-12-17-26(22-32(28,29)24-15-13-11-14-16-24)33(30,31)25-20-18-23(27)19-21-25/h11,13-16,18-22H,2-10,12,17,27H2,1H3/b26-22-. The summed E-state index contributed by atoms with van der Waals surface area (Å²) in [5, 5.41) is 0.932. The minimum Gasteiger partial charge on any atom is -0.399 e. The van der Waals surface area contributed by atoms with E-state index in [1.54, 1.807) is 18.2 Å². The molecule has 0 heterocycles. The van der Waals surface area contributed by atoms with Crippen molar-refractivity contribution in [2.75, 3.05) is 5.73 Å². The Hall–Kier alpha value is -2.12. The number of benzene rings is 2. The Balaban J connectivity index is 2.08. The number of unbranched alkanes of at least 4 members (excludes halogenated alkanes) is 9. The Morgan fingerprint density at radius 3 is 1.76 bits per heavy atom. The molecule has 0 amide bonds. The SMILES string of the molecule is CCCCCCCCCCCC/C(=C/S(=O)(=O)c1ccccc1)S(=O)(=O)c1ccc(N)cc1. The number of allylic oxidation sites excluding steroid dienone is 1. The summed E-state index contributed by atoms with van der Waals surface area (Å²) in [6.45, 7) is 2.21. The molecule has 0 aromatic heterocycles. The predicted octanol–water partition coefficient (Wildman–Crippen LogP) is 6.67. The van der Waals surface area contributed by atoms with Crippen molar-refractivity contribution < 1.29 is 16.8 Å². The van der Waals surface area contributed by atoms with E-state index < -0.39 is 19.7 Å². The second-order valence-corrected chi connectivity index (χ2v) is 12.2. The van der Waals surface area contributed by atoms with Gasteiger partial charge in [-0.3, -0.25) is 0 Å². The van der Waals surface area contributed by atoms with Crippen molar-refractivity contribution >= 4 is 25.4 Å². The largest absolute Gasteiger partial charge is 0.399 e. The number of anilines is 1. The van der Waals surface area contributed by atoms with Gasteiger partial charge in [0.05, 0.1) is 20.1 Å². The number of nitrogens with two attached hydrogens (primary N) is 1. The maximum atomic E-state index is 13.3. The van der Waals surface area contributed by atoms with E-state index in [-0.39, 0.29) is 21.1 Å². The summed E-state index contributed by atoms with van der Waals surface area (Å²) in [5.41, 5.74) is 6.14. The fraction of sp³-hybridized carbons (Fsp3) is 0.462. The van der Waals surface area contributed by atoms with Crippen molar-refractivity contribution in [1.82, 2.24) is 0 Å². The summed E-state index contributed by atoms with van der Waals surface area (Å²) in [6.07, 6.45) is 11.4. The smallest absolute Gasteiger partial charge is 0.203 e. The Kier molecular flexibility index (Phi) is 11.1. The van der Waals surface area contributed by atoms with Crippen LogP contribution in [-0.2, 0) is 19.7 Å². The first kappa shape index (κ1) is 27.1. The third kappa shape index (κ3) is 8.97. The van der Waals surface area contributed by atoms with Crippen molar-refractivity contribution in [2.45, 2.75) is 87.3 Å². The molecule has 5 nitrogen and oxygen atoms in total. The van der Waals surface area contributed by atoms with E-state index in [1.807, 2.05) is 0 Å². The van der Waals surface area contributed by atoms with Crippen molar-refractivity contribution in [1.29, 1.82) is 0 Å². The van der Waals surface area contributed by atoms with E-state index in [0.717, 1.165) is 24.7 Å². The molecule has 0 fully saturated rings. The van der Waals surface area contributed by atoms with Crippen LogP contribution in [-0.4, -0.2) is 16.8 Å². The molecule has 33 heavy (non-hydrogen) atoms. The van der Waals surface area contributed by atoms with Crippen LogP contribution in [0.2, 0.25) is 0 Å². The van der Waals surface area contributed by atoms with Gasteiger partial charge in [-0.25, -0.2) is 16.8 Å². The van der Waals surface area contributed by atoms with Gasteiger partial charge >= 0.3 is 0 Å². The van der Waals surface area contributed by atoms with Crippen LogP contribution in [0.3, 0.4) is 0 Å². The molecule has 7 heteroatoms. The molecule has 0 radical (unpaired) electrons. The van der Waals surface area contributed by atoms with Gasteiger partial charge in [0.15, 0.2) is 0 Å². The maximum absolute atomic E-state index is 13.3. The van der Waals surface area contributed by atoms with Crippen molar-refractivity contribution in [2.24, 2.45) is 0 Å². The van der Waals surface area contributed by atoms with Crippen molar-refractivity contribution in [3.63, 3.8) is 0 Å². The number of rotatable bonds is 15. The fourth-order valence-corrected chi connectivity index (χ4v) is 6.93. The molecule has 0 saturated heterocycles. The molecule has 0 bridgehead atoms. The molecular formula is C26H37NO4S2. The van der Waals surface area contributed by atoms with Crippen LogP contribution >= 0.6 is 0 Å². The third-order valence-electron chi connectivity index (χ3n) is 5.67. The lowest BCUT2D eigenvalue weighted by molar-refractivity contribution is 0.555. The average molecular weight is 492 g/mol. The van der Waals surface area contributed by atoms with Gasteiger partial charge in [0.2, 0.25) is 19.7 Å². The molecule has 2 N–H and O–H groups in total. The van der Waals surface area contributed by atoms with Gasteiger partial charge in [-0.15, -0.1) is 0 Å². The summed E-state index contributed by atoms with van der Waals surface area (Å²) in [7, 11) is -7.83. The lowest BCUT2D eigenvalue weighted by Gasteiger charge is -2.11. The van der Waals surface area contributed by atoms with Crippen LogP contribution in [0.25, 0.3) is 0 Å². The molecule has 0 aliphatic heterocycles. The third-order valence-corrected chi connectivity index (χ3v) is 9.25. The maximum Gasteiger partial charge on any atom is 0.203 e. The van der Waals surface area contributed by atoms with Crippen molar-refractivity contribution in [3.05, 3.63) is 64.9 Å². The second kappa shape index (κ2) is 13.6. The van der Waals surface area contributed by atoms with Crippen LogP contribution in [0.15, 0.2) is 74.7 Å². The summed E-state index contributed by atoms with van der Waals surface area (Å²) >= 11 is 0. The molecule has 0 spiro atoms. The van der Waals surface area contributed by atoms with Crippen LogP contribution in [0.4, 0.5) is 5.69 Å². The van der Waals surface area contributed by atoms with Gasteiger partial charge < -0.3 is 5.73 Å². The topological polar surface area (TPSA) is 94.3 Å². The monoisotopic (exact) mass is 491 g/mol. The van der Waals surface area contributed by atoms with Gasteiger partial charge in [0, 0.05) is 5.69 Å². The first-order valence-electron chi connectivity index (χ1n) is 11.9. The molecule has 0 saturated carbocycles. The van der Waals surface area contributed by atoms with Crippen LogP contribution in [0, 0.1) is 0 Å². The Labute approximate surface area is 199 Å². The summed E-state index contributed by atoms with van der Waals surface area (Å²) in [6, 6.07) is 13.8. The van der Waals surface area contributed by atoms with E-state index in [9.17, 15) is 16.8 Å². The number of hydrogen-bond acceptors (Lipinski definition) is 5. The zero-order chi connectivity index (χ0) is 24.2. The van der Waals surface area contributed by atoms with E-state index in [1.165, 1.54) is 74.9 Å². The zero-order valence-corrected chi connectivity index (χ0v) is 21.2. The van der Waals surface area contributed by atoms with Gasteiger partial charge in [0.25, 0.3) is 0 Å². The Morgan fingerprint density at radius 2 is 1.21 bits per heavy atom. The number of nitrogen functional groups attached to an aromatic ring is 1. The lowest BCUT2D eigenvalue weighted by atomic mass is 10.1. The number of hydrogen-bond donors (Lipinski definition) is 1. The van der Waals surface area contributed by atoms with E-state index in [4.69, 9.17) is 5.73 Å². The van der Waals surface area contributed by atoms with Gasteiger partial charge in [-0.2, -0.15) is 0 Å². The molecule has 2 aromatic carbocycles. The van der Waals surface area contributed by atoms with Gasteiger partial charge in [-0.1, -0.05) is 82.9 Å². The molecule has 0 aliphatic carbocycles. The van der Waals surface area contributed by atoms with Crippen molar-refractivity contribution in [3.8, 4) is 0 Å². The lowest BCUT2D eigenvalue weighted by Crippen LogP contribution is -2.09. The molecule has 182 valence electrons. The molecular weight excluding hydrogens is 454 g/mol. The van der Waals surface area contributed by atoms with Crippen LogP contribution < -0.4 is 5.73 Å². The Morgan fingerprint density at radius 1 is 0.697 bits per heavy atom. The summed E-state index contributed by atoms with van der Waals surface area (Å²) < 4.78 is 52.3. The second-order valence-electron chi connectivity index (χ2n) is 8.45. The highest BCUT2D eigenvalue weighted by Gasteiger charge is 2.24. The van der Waals surface area contributed by atoms with E-state index >= 15 is 0 Å². The normalized spacial score (nSPS) is 12.7. The summed E-state index contributed by atoms with van der Waals surface area (Å²) in [4.78, 5) is 0.0621. The number of sulfone groups is 2. The first-order valence-corrected chi connectivity index (χ1v) is 14.9. The average Bonchev–Trinajstić information content (AvgIpc) is 2.80. The van der Waals surface area contributed by atoms with Crippen LogP contribution in [0.5, 0.6) is 0 Å². The van der Waals surface area contributed by atoms with Gasteiger partial charge in [-0.05, 0) is 49.2 Å². The molecule has 2 aromatic rings. The van der Waals surface area contributed by atoms with E-state index in [2.05, 4.69) is 6.92 Å². The highest BCUT2D eigenvalue weighted by Crippen LogP contribution is 2.27. The minimum atomic E-state index is -3.94. The molecule has 0 atom stereocenters. The Bertz CT molecular complexity index is 1070. The highest BCUT2D eigenvalue weighted by molar-refractivity contribution is 7.98. The molecule has 2 rings (SSSR count). The first-order chi connectivity index (χ1) is 15.8. The van der Waals surface area contributed by atoms with Gasteiger partial charge in [0.1, 0.15) is 0 Å². The van der Waals surface area contributed by atoms with Crippen LogP contribution in [0.1, 0.15) is 77.6 Å². The minimum absolute atomic E-state index is 0.0540.